The molecule has 4 atom stereocenters. The summed E-state index contributed by atoms with van der Waals surface area (Å²) in [6.07, 6.45) is 35.7. The smallest absolute Gasteiger partial charge is 0.462 e. The SMILES string of the molecule is CCCCCCCCCCCCCCCC(=O)OC[C@H](COP(=O)(O)OC[C@@H](O)CO)OC(=O)CCC/C=C\C/C=C\C/C=C\C/C=C\CC(O)CCC. The molecule has 0 heterocycles. The molecule has 11 nitrogen and oxygen atoms in total. The topological polar surface area (TPSA) is 169 Å². The van der Waals surface area contributed by atoms with E-state index in [0.29, 0.717) is 25.7 Å². The van der Waals surface area contributed by atoms with Gasteiger partial charge in [-0.15, -0.1) is 0 Å². The van der Waals surface area contributed by atoms with Crippen molar-refractivity contribution in [2.45, 2.75) is 180 Å². The average Bonchev–Trinajstić information content (AvgIpc) is 3.15. The summed E-state index contributed by atoms with van der Waals surface area (Å²) in [7, 11) is -4.64. The van der Waals surface area contributed by atoms with Crippen molar-refractivity contribution in [3.8, 4) is 0 Å². The maximum Gasteiger partial charge on any atom is 0.472 e. The lowest BCUT2D eigenvalue weighted by Gasteiger charge is -2.20. The van der Waals surface area contributed by atoms with Crippen molar-refractivity contribution in [1.82, 2.24) is 0 Å². The Bertz CT molecular complexity index is 1060. The molecule has 0 aromatic carbocycles. The quantitative estimate of drug-likeness (QED) is 0.0204. The Morgan fingerprint density at radius 3 is 1.65 bits per heavy atom. The van der Waals surface area contributed by atoms with Gasteiger partial charge in [0.2, 0.25) is 0 Å². The maximum atomic E-state index is 12.6. The number of unbranched alkanes of at least 4 members (excludes halogenated alkanes) is 13. The summed E-state index contributed by atoms with van der Waals surface area (Å²) in [6.45, 7) is 2.09. The Kier molecular flexibility index (Phi) is 36.3. The summed E-state index contributed by atoms with van der Waals surface area (Å²) in [6, 6.07) is 0. The van der Waals surface area contributed by atoms with Crippen molar-refractivity contribution >= 4 is 19.8 Å². The lowest BCUT2D eigenvalue weighted by molar-refractivity contribution is -0.161. The van der Waals surface area contributed by atoms with Gasteiger partial charge in [-0.1, -0.05) is 146 Å². The number of rotatable bonds is 38. The fraction of sp³-hybridized carbons (Fsp3) is 0.762. The zero-order valence-electron chi connectivity index (χ0n) is 33.5. The van der Waals surface area contributed by atoms with E-state index in [1.807, 2.05) is 18.2 Å². The van der Waals surface area contributed by atoms with Gasteiger partial charge in [0.05, 0.1) is 25.9 Å². The van der Waals surface area contributed by atoms with Gasteiger partial charge in [0.15, 0.2) is 6.10 Å². The zero-order valence-corrected chi connectivity index (χ0v) is 34.4. The first-order valence-corrected chi connectivity index (χ1v) is 22.2. The molecule has 0 aliphatic heterocycles. The standard InChI is InChI=1S/C42H75O11P/c1-3-5-6-7-8-9-10-12-16-19-22-25-28-32-41(46)50-36-40(37-52-54(48,49)51-35-39(45)34-43)53-42(47)33-29-26-23-20-17-14-11-13-15-18-21-24-27-31-38(44)30-4-2/h11,14-15,18,20,23-24,27,38-40,43-45H,3-10,12-13,16-17,19,21-22,25-26,28-37H2,1-2H3,(H,48,49)/b14-11-,18-15-,23-20-,27-24-/t38?,39-,40+/m0/s1. The summed E-state index contributed by atoms with van der Waals surface area (Å²) >= 11 is 0. The number of hydrogen-bond acceptors (Lipinski definition) is 10. The van der Waals surface area contributed by atoms with E-state index in [-0.39, 0.29) is 25.6 Å². The minimum absolute atomic E-state index is 0.0936. The fourth-order valence-electron chi connectivity index (χ4n) is 5.35. The molecule has 0 fully saturated rings. The first kappa shape index (κ1) is 51.9. The van der Waals surface area contributed by atoms with Gasteiger partial charge in [-0.05, 0) is 51.4 Å². The van der Waals surface area contributed by atoms with Crippen LogP contribution < -0.4 is 0 Å². The molecule has 0 amide bonds. The molecular formula is C42H75O11P. The zero-order chi connectivity index (χ0) is 40.0. The predicted octanol–water partition coefficient (Wildman–Crippen LogP) is 9.53. The normalized spacial score (nSPS) is 15.0. The minimum Gasteiger partial charge on any atom is -0.462 e. The molecule has 12 heteroatoms. The molecule has 0 aromatic rings. The molecule has 0 rings (SSSR count). The number of hydrogen-bond donors (Lipinski definition) is 4. The minimum atomic E-state index is -4.64. The maximum absolute atomic E-state index is 12.6. The number of aliphatic hydroxyl groups is 3. The van der Waals surface area contributed by atoms with Gasteiger partial charge in [0.25, 0.3) is 0 Å². The molecule has 0 radical (unpaired) electrons. The third kappa shape index (κ3) is 36.8. The number of phosphoric acid groups is 1. The second kappa shape index (κ2) is 37.8. The number of esters is 2. The number of aliphatic hydroxyl groups excluding tert-OH is 3. The van der Waals surface area contributed by atoms with Crippen LogP contribution in [0.1, 0.15) is 162 Å². The van der Waals surface area contributed by atoms with Gasteiger partial charge < -0.3 is 29.7 Å². The van der Waals surface area contributed by atoms with Crippen molar-refractivity contribution in [3.63, 3.8) is 0 Å². The van der Waals surface area contributed by atoms with E-state index < -0.39 is 51.8 Å². The summed E-state index contributed by atoms with van der Waals surface area (Å²) in [4.78, 5) is 34.9. The number of phosphoric ester groups is 1. The monoisotopic (exact) mass is 787 g/mol. The highest BCUT2D eigenvalue weighted by Gasteiger charge is 2.27. The highest BCUT2D eigenvalue weighted by Crippen LogP contribution is 2.43. The Balaban J connectivity index is 4.45. The lowest BCUT2D eigenvalue weighted by Crippen LogP contribution is -2.29. The molecule has 0 saturated heterocycles. The van der Waals surface area contributed by atoms with Crippen LogP contribution in [0, 0.1) is 0 Å². The van der Waals surface area contributed by atoms with Gasteiger partial charge in [0.1, 0.15) is 12.7 Å². The molecule has 0 saturated carbocycles. The Morgan fingerprint density at radius 2 is 1.09 bits per heavy atom. The highest BCUT2D eigenvalue weighted by atomic mass is 31.2. The highest BCUT2D eigenvalue weighted by molar-refractivity contribution is 7.47. The number of carbonyl (C=O) groups excluding carboxylic acids is 2. The molecule has 314 valence electrons. The van der Waals surface area contributed by atoms with Crippen molar-refractivity contribution < 1.29 is 52.9 Å². The molecule has 2 unspecified atom stereocenters. The number of ether oxygens (including phenoxy) is 2. The Labute approximate surface area is 326 Å². The summed E-state index contributed by atoms with van der Waals surface area (Å²) in [5.74, 6) is -1.01. The molecule has 0 aromatic heterocycles. The fourth-order valence-corrected chi connectivity index (χ4v) is 6.14. The first-order chi connectivity index (χ1) is 26.1. The van der Waals surface area contributed by atoms with Gasteiger partial charge in [-0.2, -0.15) is 0 Å². The van der Waals surface area contributed by atoms with Crippen molar-refractivity contribution in [2.24, 2.45) is 0 Å². The molecule has 0 bridgehead atoms. The van der Waals surface area contributed by atoms with Crippen molar-refractivity contribution in [3.05, 3.63) is 48.6 Å². The number of allylic oxidation sites excluding steroid dienone is 7. The largest absolute Gasteiger partial charge is 0.472 e. The van der Waals surface area contributed by atoms with E-state index in [1.54, 1.807) is 0 Å². The van der Waals surface area contributed by atoms with Crippen molar-refractivity contribution in [1.29, 1.82) is 0 Å². The third-order valence-electron chi connectivity index (χ3n) is 8.54. The van der Waals surface area contributed by atoms with E-state index in [2.05, 4.69) is 48.8 Å². The van der Waals surface area contributed by atoms with Crippen LogP contribution >= 0.6 is 7.82 Å². The summed E-state index contributed by atoms with van der Waals surface area (Å²) in [5, 5.41) is 28.0. The van der Waals surface area contributed by atoms with E-state index in [4.69, 9.17) is 19.1 Å². The van der Waals surface area contributed by atoms with Crippen molar-refractivity contribution in [2.75, 3.05) is 26.4 Å². The number of carbonyl (C=O) groups is 2. The van der Waals surface area contributed by atoms with Crippen LogP contribution in [0.4, 0.5) is 0 Å². The van der Waals surface area contributed by atoms with Gasteiger partial charge in [-0.25, -0.2) is 4.57 Å². The van der Waals surface area contributed by atoms with Crippen LogP contribution in [0.5, 0.6) is 0 Å². The molecule has 4 N–H and O–H groups in total. The molecular weight excluding hydrogens is 711 g/mol. The second-order valence-corrected chi connectivity index (χ2v) is 15.3. The van der Waals surface area contributed by atoms with Gasteiger partial charge in [-0.3, -0.25) is 18.6 Å². The van der Waals surface area contributed by atoms with Crippen LogP contribution in [-0.4, -0.2) is 76.9 Å². The summed E-state index contributed by atoms with van der Waals surface area (Å²) < 4.78 is 32.6. The third-order valence-corrected chi connectivity index (χ3v) is 9.49. The van der Waals surface area contributed by atoms with E-state index in [9.17, 15) is 29.3 Å². The predicted molar refractivity (Wildman–Crippen MR) is 216 cm³/mol. The van der Waals surface area contributed by atoms with Crippen LogP contribution in [0.3, 0.4) is 0 Å². The first-order valence-electron chi connectivity index (χ1n) is 20.7. The van der Waals surface area contributed by atoms with Gasteiger partial charge in [0, 0.05) is 12.8 Å². The van der Waals surface area contributed by atoms with Crippen LogP contribution in [-0.2, 0) is 32.7 Å². The van der Waals surface area contributed by atoms with Crippen LogP contribution in [0.2, 0.25) is 0 Å². The Hall–Kier alpha value is -2.11. The average molecular weight is 787 g/mol. The second-order valence-electron chi connectivity index (χ2n) is 13.8. The van der Waals surface area contributed by atoms with Crippen LogP contribution in [0.25, 0.3) is 0 Å². The van der Waals surface area contributed by atoms with E-state index in [1.165, 1.54) is 57.8 Å². The molecule has 0 aliphatic carbocycles. The van der Waals surface area contributed by atoms with E-state index in [0.717, 1.165) is 51.4 Å². The van der Waals surface area contributed by atoms with E-state index >= 15 is 0 Å². The Morgan fingerprint density at radius 1 is 0.593 bits per heavy atom. The van der Waals surface area contributed by atoms with Gasteiger partial charge >= 0.3 is 19.8 Å². The molecule has 0 spiro atoms. The molecule has 0 aliphatic rings. The lowest BCUT2D eigenvalue weighted by atomic mass is 10.0. The molecule has 54 heavy (non-hydrogen) atoms. The van der Waals surface area contributed by atoms with Crippen LogP contribution in [0.15, 0.2) is 48.6 Å². The summed E-state index contributed by atoms with van der Waals surface area (Å²) in [5.41, 5.74) is 0.